The zero-order valence-corrected chi connectivity index (χ0v) is 11.3. The van der Waals surface area contributed by atoms with Crippen molar-refractivity contribution < 1.29 is 10.1 Å². The largest absolute Gasteiger partial charge is 0.360 e. The van der Waals surface area contributed by atoms with Gasteiger partial charge in [0.15, 0.2) is 5.78 Å². The summed E-state index contributed by atoms with van der Waals surface area (Å²) in [7, 11) is 0. The molecule has 102 valence electrons. The van der Waals surface area contributed by atoms with Gasteiger partial charge in [0.25, 0.3) is 0 Å². The lowest BCUT2D eigenvalue weighted by Crippen LogP contribution is -2.89. The zero-order valence-electron chi connectivity index (χ0n) is 11.3. The van der Waals surface area contributed by atoms with Gasteiger partial charge in [0.1, 0.15) is 0 Å². The van der Waals surface area contributed by atoms with Crippen molar-refractivity contribution in [2.45, 2.75) is 0 Å². The van der Waals surface area contributed by atoms with E-state index in [0.717, 1.165) is 31.7 Å². The molecule has 3 rings (SSSR count). The van der Waals surface area contributed by atoms with Crippen molar-refractivity contribution in [3.8, 4) is 0 Å². The van der Waals surface area contributed by atoms with Gasteiger partial charge in [-0.25, -0.2) is 0 Å². The Balaban J connectivity index is 1.77. The van der Waals surface area contributed by atoms with Crippen molar-refractivity contribution in [2.75, 3.05) is 31.1 Å². The molecule has 1 aromatic heterocycles. The zero-order chi connectivity index (χ0) is 13.8. The van der Waals surface area contributed by atoms with E-state index in [1.807, 2.05) is 24.3 Å². The van der Waals surface area contributed by atoms with Crippen LogP contribution < -0.4 is 10.2 Å². The van der Waals surface area contributed by atoms with Crippen molar-refractivity contribution in [3.05, 3.63) is 59.9 Å². The van der Waals surface area contributed by atoms with Gasteiger partial charge in [-0.15, -0.1) is 0 Å². The molecule has 4 heteroatoms. The summed E-state index contributed by atoms with van der Waals surface area (Å²) in [6.45, 7) is 4.41. The van der Waals surface area contributed by atoms with Crippen LogP contribution in [0.5, 0.6) is 0 Å². The molecule has 1 saturated heterocycles. The molecule has 0 unspecified atom stereocenters. The van der Waals surface area contributed by atoms with E-state index in [2.05, 4.69) is 15.2 Å². The molecule has 1 aliphatic heterocycles. The van der Waals surface area contributed by atoms with Crippen LogP contribution >= 0.6 is 0 Å². The van der Waals surface area contributed by atoms with E-state index in [9.17, 15) is 4.79 Å². The second kappa shape index (κ2) is 5.84. The number of nitrogens with zero attached hydrogens (tertiary/aromatic N) is 2. The van der Waals surface area contributed by atoms with Crippen LogP contribution in [0.15, 0.2) is 48.8 Å². The monoisotopic (exact) mass is 268 g/mol. The average molecular weight is 268 g/mol. The maximum atomic E-state index is 12.3. The molecule has 4 nitrogen and oxygen atoms in total. The number of piperazine rings is 1. The molecule has 0 spiro atoms. The number of nitrogens with two attached hydrogens (primary N) is 1. The summed E-state index contributed by atoms with van der Waals surface area (Å²) in [5.74, 6) is 0.0472. The molecule has 1 aliphatic rings. The lowest BCUT2D eigenvalue weighted by atomic mass is 10.0. The molecule has 0 radical (unpaired) electrons. The number of hydrogen-bond acceptors (Lipinski definition) is 3. The van der Waals surface area contributed by atoms with Crippen LogP contribution in [0.2, 0.25) is 0 Å². The first kappa shape index (κ1) is 12.8. The Kier molecular flexibility index (Phi) is 3.74. The molecule has 2 N–H and O–H groups in total. The summed E-state index contributed by atoms with van der Waals surface area (Å²) in [4.78, 5) is 18.6. The SMILES string of the molecule is O=C(c1ccncc1)c1ccc(N2CC[NH2+]CC2)cc1. The topological polar surface area (TPSA) is 49.8 Å². The predicted octanol–water partition coefficient (Wildman–Crippen LogP) is 0.696. The maximum Gasteiger partial charge on any atom is 0.193 e. The molecule has 2 heterocycles. The Hall–Kier alpha value is -2.20. The molecule has 1 fully saturated rings. The molecule has 0 aliphatic carbocycles. The van der Waals surface area contributed by atoms with E-state index in [0.29, 0.717) is 5.56 Å². The highest BCUT2D eigenvalue weighted by molar-refractivity contribution is 6.09. The number of carbonyl (C=O) groups excluding carboxylic acids is 1. The Labute approximate surface area is 118 Å². The van der Waals surface area contributed by atoms with Crippen molar-refractivity contribution in [2.24, 2.45) is 0 Å². The van der Waals surface area contributed by atoms with Gasteiger partial charge in [-0.2, -0.15) is 0 Å². The first-order chi connectivity index (χ1) is 9.84. The minimum atomic E-state index is 0.0472. The number of benzene rings is 1. The van der Waals surface area contributed by atoms with E-state index < -0.39 is 0 Å². The third-order valence-electron chi connectivity index (χ3n) is 3.64. The fourth-order valence-corrected chi connectivity index (χ4v) is 2.50. The van der Waals surface area contributed by atoms with Crippen LogP contribution in [0.1, 0.15) is 15.9 Å². The second-order valence-corrected chi connectivity index (χ2v) is 4.96. The standard InChI is InChI=1S/C16H17N3O/c20-16(14-5-7-17-8-6-14)13-1-3-15(4-2-13)19-11-9-18-10-12-19/h1-8,18H,9-12H2/p+1. The van der Waals surface area contributed by atoms with E-state index in [-0.39, 0.29) is 5.78 Å². The van der Waals surface area contributed by atoms with Crippen LogP contribution in [0.3, 0.4) is 0 Å². The number of carbonyl (C=O) groups is 1. The number of pyridine rings is 1. The average Bonchev–Trinajstić information content (AvgIpc) is 2.56. The summed E-state index contributed by atoms with van der Waals surface area (Å²) in [5, 5.41) is 2.33. The first-order valence-electron chi connectivity index (χ1n) is 6.96. The molecule has 20 heavy (non-hydrogen) atoms. The summed E-state index contributed by atoms with van der Waals surface area (Å²) < 4.78 is 0. The quantitative estimate of drug-likeness (QED) is 0.834. The lowest BCUT2D eigenvalue weighted by molar-refractivity contribution is -0.655. The van der Waals surface area contributed by atoms with Gasteiger partial charge in [0, 0.05) is 29.2 Å². The molecule has 2 aromatic rings. The minimum absolute atomic E-state index is 0.0472. The van der Waals surface area contributed by atoms with Gasteiger partial charge in [-0.05, 0) is 36.4 Å². The Morgan fingerprint density at radius 2 is 1.55 bits per heavy atom. The highest BCUT2D eigenvalue weighted by Gasteiger charge is 2.14. The second-order valence-electron chi connectivity index (χ2n) is 4.96. The van der Waals surface area contributed by atoms with Crippen LogP contribution in [-0.2, 0) is 0 Å². The molecule has 0 atom stereocenters. The van der Waals surface area contributed by atoms with Gasteiger partial charge in [-0.3, -0.25) is 9.78 Å². The number of ketones is 1. The minimum Gasteiger partial charge on any atom is -0.360 e. The number of quaternary nitrogens is 1. The van der Waals surface area contributed by atoms with Crippen molar-refractivity contribution in [1.29, 1.82) is 0 Å². The summed E-state index contributed by atoms with van der Waals surface area (Å²) in [5.41, 5.74) is 2.60. The van der Waals surface area contributed by atoms with Gasteiger partial charge < -0.3 is 10.2 Å². The van der Waals surface area contributed by atoms with Crippen molar-refractivity contribution in [3.63, 3.8) is 0 Å². The number of rotatable bonds is 3. The van der Waals surface area contributed by atoms with Gasteiger partial charge in [0.2, 0.25) is 0 Å². The molecule has 0 saturated carbocycles. The lowest BCUT2D eigenvalue weighted by Gasteiger charge is -2.27. The van der Waals surface area contributed by atoms with Crippen LogP contribution in [0.25, 0.3) is 0 Å². The van der Waals surface area contributed by atoms with E-state index in [1.165, 1.54) is 5.69 Å². The fourth-order valence-electron chi connectivity index (χ4n) is 2.50. The maximum absolute atomic E-state index is 12.3. The number of hydrogen-bond donors (Lipinski definition) is 1. The normalized spacial score (nSPS) is 15.1. The van der Waals surface area contributed by atoms with Crippen molar-refractivity contribution in [1.82, 2.24) is 4.98 Å². The van der Waals surface area contributed by atoms with Gasteiger partial charge in [-0.1, -0.05) is 0 Å². The number of aromatic nitrogens is 1. The van der Waals surface area contributed by atoms with Gasteiger partial charge >= 0.3 is 0 Å². The predicted molar refractivity (Wildman–Crippen MR) is 78.0 cm³/mol. The van der Waals surface area contributed by atoms with Crippen LogP contribution in [-0.4, -0.2) is 36.9 Å². The summed E-state index contributed by atoms with van der Waals surface area (Å²) in [6, 6.07) is 11.4. The van der Waals surface area contributed by atoms with E-state index in [1.54, 1.807) is 24.5 Å². The van der Waals surface area contributed by atoms with Gasteiger partial charge in [0.05, 0.1) is 26.2 Å². The molecule has 1 aromatic carbocycles. The highest BCUT2D eigenvalue weighted by atomic mass is 16.1. The summed E-state index contributed by atoms with van der Waals surface area (Å²) >= 11 is 0. The molecular weight excluding hydrogens is 250 g/mol. The Bertz CT molecular complexity index is 574. The molecule has 0 bridgehead atoms. The first-order valence-corrected chi connectivity index (χ1v) is 6.96. The molecule has 0 amide bonds. The Morgan fingerprint density at radius 1 is 0.950 bits per heavy atom. The van der Waals surface area contributed by atoms with E-state index in [4.69, 9.17) is 0 Å². The molecular formula is C16H18N3O+. The summed E-state index contributed by atoms with van der Waals surface area (Å²) in [6.07, 6.45) is 3.29. The highest BCUT2D eigenvalue weighted by Crippen LogP contribution is 2.17. The fraction of sp³-hybridized carbons (Fsp3) is 0.250. The van der Waals surface area contributed by atoms with Crippen LogP contribution in [0.4, 0.5) is 5.69 Å². The van der Waals surface area contributed by atoms with Crippen LogP contribution in [0, 0.1) is 0 Å². The van der Waals surface area contributed by atoms with Crippen molar-refractivity contribution >= 4 is 11.5 Å². The van der Waals surface area contributed by atoms with E-state index >= 15 is 0 Å². The number of anilines is 1. The third-order valence-corrected chi connectivity index (χ3v) is 3.64. The third kappa shape index (κ3) is 2.70. The smallest absolute Gasteiger partial charge is 0.193 e. The Morgan fingerprint density at radius 3 is 2.20 bits per heavy atom.